The molecule has 0 unspecified atom stereocenters. The monoisotopic (exact) mass is 463 g/mol. The summed E-state index contributed by atoms with van der Waals surface area (Å²) in [4.78, 5) is 7.96. The lowest BCUT2D eigenvalue weighted by atomic mass is 9.85. The minimum absolute atomic E-state index is 0.0104. The van der Waals surface area contributed by atoms with Crippen molar-refractivity contribution in [1.82, 2.24) is 24.7 Å². The molecule has 4 heterocycles. The molecule has 0 radical (unpaired) electrons. The van der Waals surface area contributed by atoms with E-state index in [1.807, 2.05) is 0 Å². The summed E-state index contributed by atoms with van der Waals surface area (Å²) >= 11 is 0. The summed E-state index contributed by atoms with van der Waals surface area (Å²) in [6.07, 6.45) is 0.631. The first kappa shape index (κ1) is 21.9. The van der Waals surface area contributed by atoms with Crippen molar-refractivity contribution in [2.75, 3.05) is 18.5 Å². The predicted molar refractivity (Wildman–Crippen MR) is 108 cm³/mol. The molecule has 1 N–H and O–H groups in total. The highest BCUT2D eigenvalue weighted by atomic mass is 19.4. The molecular weight excluding hydrogens is 439 g/mol. The molecule has 9 nitrogen and oxygen atoms in total. The number of nitrogens with zero attached hydrogens (tertiary/aromatic N) is 6. The molecule has 3 aliphatic rings. The SMILES string of the molecule is N#C[C@@H]1CCn2c(nnc2[C@H]2CCC[C@@H](Nc3ncc(C(F)(F)F)c(OC4COC4)n3)C2)C1. The molecule has 0 bridgehead atoms. The number of nitriles is 1. The Bertz CT molecular complexity index is 1050. The average Bonchev–Trinajstić information content (AvgIpc) is 3.19. The summed E-state index contributed by atoms with van der Waals surface area (Å²) in [6.45, 7) is 1.22. The molecule has 2 aromatic rings. The minimum atomic E-state index is -4.61. The zero-order valence-electron chi connectivity index (χ0n) is 17.9. The van der Waals surface area contributed by atoms with Crippen molar-refractivity contribution >= 4 is 5.95 Å². The molecule has 3 atom stereocenters. The van der Waals surface area contributed by atoms with E-state index >= 15 is 0 Å². The lowest BCUT2D eigenvalue weighted by Gasteiger charge is -2.31. The van der Waals surface area contributed by atoms with Gasteiger partial charge in [-0.3, -0.25) is 0 Å². The van der Waals surface area contributed by atoms with Crippen LogP contribution in [0.2, 0.25) is 0 Å². The molecule has 0 spiro atoms. The summed E-state index contributed by atoms with van der Waals surface area (Å²) in [5.41, 5.74) is -0.993. The molecule has 176 valence electrons. The molecule has 2 aliphatic heterocycles. The van der Waals surface area contributed by atoms with E-state index in [0.29, 0.717) is 6.42 Å². The number of fused-ring (bicyclic) bond motifs is 1. The Labute approximate surface area is 188 Å². The van der Waals surface area contributed by atoms with E-state index in [9.17, 15) is 18.4 Å². The third-order valence-electron chi connectivity index (χ3n) is 6.49. The van der Waals surface area contributed by atoms with Crippen molar-refractivity contribution in [2.45, 2.75) is 69.3 Å². The lowest BCUT2D eigenvalue weighted by molar-refractivity contribution is -0.142. The largest absolute Gasteiger partial charge is 0.469 e. The zero-order valence-corrected chi connectivity index (χ0v) is 17.9. The Morgan fingerprint density at radius 3 is 2.79 bits per heavy atom. The van der Waals surface area contributed by atoms with Gasteiger partial charge in [-0.2, -0.15) is 23.4 Å². The second-order valence-electron chi connectivity index (χ2n) is 8.84. The number of nitrogens with one attached hydrogen (secondary N) is 1. The Balaban J connectivity index is 1.30. The number of aromatic nitrogens is 5. The highest BCUT2D eigenvalue weighted by molar-refractivity contribution is 5.36. The van der Waals surface area contributed by atoms with Gasteiger partial charge in [0.2, 0.25) is 11.8 Å². The number of halogens is 3. The highest BCUT2D eigenvalue weighted by Gasteiger charge is 2.38. The van der Waals surface area contributed by atoms with Crippen LogP contribution in [-0.2, 0) is 23.9 Å². The molecule has 1 aliphatic carbocycles. The normalized spacial score (nSPS) is 25.6. The highest BCUT2D eigenvalue weighted by Crippen LogP contribution is 2.37. The van der Waals surface area contributed by atoms with Gasteiger partial charge >= 0.3 is 6.18 Å². The summed E-state index contributed by atoms with van der Waals surface area (Å²) < 4.78 is 52.6. The number of hydrogen-bond donors (Lipinski definition) is 1. The van der Waals surface area contributed by atoms with Crippen molar-refractivity contribution in [1.29, 1.82) is 5.26 Å². The van der Waals surface area contributed by atoms with E-state index in [1.54, 1.807) is 0 Å². The first-order valence-electron chi connectivity index (χ1n) is 11.2. The summed E-state index contributed by atoms with van der Waals surface area (Å²) in [6, 6.07) is 2.30. The van der Waals surface area contributed by atoms with Crippen LogP contribution in [-0.4, -0.2) is 50.1 Å². The van der Waals surface area contributed by atoms with Crippen LogP contribution in [0.15, 0.2) is 6.20 Å². The Kier molecular flexibility index (Phi) is 5.82. The fourth-order valence-corrected chi connectivity index (χ4v) is 4.66. The van der Waals surface area contributed by atoms with Crippen LogP contribution in [0.25, 0.3) is 0 Å². The van der Waals surface area contributed by atoms with Crippen molar-refractivity contribution in [3.8, 4) is 11.9 Å². The second-order valence-corrected chi connectivity index (χ2v) is 8.84. The van der Waals surface area contributed by atoms with Crippen LogP contribution >= 0.6 is 0 Å². The number of rotatable bonds is 5. The number of ether oxygens (including phenoxy) is 2. The number of anilines is 1. The van der Waals surface area contributed by atoms with Gasteiger partial charge in [0.15, 0.2) is 0 Å². The van der Waals surface area contributed by atoms with Gasteiger partial charge in [0.1, 0.15) is 23.3 Å². The van der Waals surface area contributed by atoms with Crippen LogP contribution < -0.4 is 10.1 Å². The maximum atomic E-state index is 13.4. The van der Waals surface area contributed by atoms with E-state index in [-0.39, 0.29) is 37.0 Å². The van der Waals surface area contributed by atoms with Crippen molar-refractivity contribution in [3.63, 3.8) is 0 Å². The van der Waals surface area contributed by atoms with E-state index < -0.39 is 23.7 Å². The Morgan fingerprint density at radius 2 is 2.06 bits per heavy atom. The van der Waals surface area contributed by atoms with Crippen LogP contribution in [0.4, 0.5) is 19.1 Å². The molecule has 0 amide bonds. The summed E-state index contributed by atoms with van der Waals surface area (Å²) in [7, 11) is 0. The molecular formula is C21H24F3N7O2. The van der Waals surface area contributed by atoms with Crippen molar-refractivity contribution < 1.29 is 22.6 Å². The van der Waals surface area contributed by atoms with Crippen LogP contribution in [0.3, 0.4) is 0 Å². The summed E-state index contributed by atoms with van der Waals surface area (Å²) in [5.74, 6) is 1.58. The van der Waals surface area contributed by atoms with Crippen LogP contribution in [0, 0.1) is 17.2 Å². The summed E-state index contributed by atoms with van der Waals surface area (Å²) in [5, 5.41) is 21.1. The topological polar surface area (TPSA) is 111 Å². The first-order chi connectivity index (χ1) is 15.9. The van der Waals surface area contributed by atoms with E-state index in [2.05, 4.69) is 36.1 Å². The smallest absolute Gasteiger partial charge is 0.423 e. The quantitative estimate of drug-likeness (QED) is 0.720. The van der Waals surface area contributed by atoms with Gasteiger partial charge in [0.05, 0.1) is 25.2 Å². The van der Waals surface area contributed by atoms with E-state index in [4.69, 9.17) is 9.47 Å². The van der Waals surface area contributed by atoms with Crippen molar-refractivity contribution in [3.05, 3.63) is 23.4 Å². The minimum Gasteiger partial charge on any atom is -0.469 e. The molecule has 2 aromatic heterocycles. The van der Waals surface area contributed by atoms with Gasteiger partial charge in [-0.05, 0) is 25.7 Å². The van der Waals surface area contributed by atoms with Gasteiger partial charge in [0, 0.05) is 31.1 Å². The standard InChI is InChI=1S/C21H24F3N7O2/c22-21(23,24)16-9-26-20(28-19(16)33-15-10-32-11-15)27-14-3-1-2-13(7-14)18-30-29-17-6-12(8-25)4-5-31(17)18/h9,12-15H,1-7,10-11H2,(H,26,27,28)/t12-,13+,14-/m1/s1. The number of alkyl halides is 3. The molecule has 1 saturated carbocycles. The van der Waals surface area contributed by atoms with E-state index in [0.717, 1.165) is 56.5 Å². The van der Waals surface area contributed by atoms with Gasteiger partial charge in [-0.25, -0.2) is 4.98 Å². The van der Waals surface area contributed by atoms with E-state index in [1.165, 1.54) is 0 Å². The fourth-order valence-electron chi connectivity index (χ4n) is 4.66. The molecule has 12 heteroatoms. The zero-order chi connectivity index (χ0) is 23.0. The van der Waals surface area contributed by atoms with Crippen molar-refractivity contribution in [2.24, 2.45) is 5.92 Å². The molecule has 1 saturated heterocycles. The Morgan fingerprint density at radius 1 is 1.21 bits per heavy atom. The molecule has 0 aromatic carbocycles. The van der Waals surface area contributed by atoms with Gasteiger partial charge < -0.3 is 19.4 Å². The van der Waals surface area contributed by atoms with Gasteiger partial charge in [-0.15, -0.1) is 10.2 Å². The maximum absolute atomic E-state index is 13.4. The third kappa shape index (κ3) is 4.59. The number of hydrogen-bond acceptors (Lipinski definition) is 8. The Hall–Kier alpha value is -2.94. The van der Waals surface area contributed by atoms with Gasteiger partial charge in [0.25, 0.3) is 0 Å². The predicted octanol–water partition coefficient (Wildman–Crippen LogP) is 3.09. The molecule has 33 heavy (non-hydrogen) atoms. The molecule has 2 fully saturated rings. The second kappa shape index (κ2) is 8.78. The maximum Gasteiger partial charge on any atom is 0.423 e. The molecule has 5 rings (SSSR count). The van der Waals surface area contributed by atoms with Crippen LogP contribution in [0.1, 0.15) is 55.2 Å². The third-order valence-corrected chi connectivity index (χ3v) is 6.49. The van der Waals surface area contributed by atoms with Gasteiger partial charge in [-0.1, -0.05) is 6.42 Å². The fraction of sp³-hybridized carbons (Fsp3) is 0.667. The average molecular weight is 463 g/mol. The first-order valence-corrected chi connectivity index (χ1v) is 11.2. The lowest BCUT2D eigenvalue weighted by Crippen LogP contribution is -2.39. The van der Waals surface area contributed by atoms with Crippen LogP contribution in [0.5, 0.6) is 5.88 Å².